The van der Waals surface area contributed by atoms with Crippen LogP contribution in [-0.2, 0) is 6.61 Å². The molecule has 1 aromatic heterocycles. The minimum Gasteiger partial charge on any atom is -0.480 e. The van der Waals surface area contributed by atoms with Crippen molar-refractivity contribution in [3.8, 4) is 5.95 Å². The van der Waals surface area contributed by atoms with Gasteiger partial charge in [0.15, 0.2) is 0 Å². The van der Waals surface area contributed by atoms with Crippen LogP contribution in [0.4, 0.5) is 0 Å². The summed E-state index contributed by atoms with van der Waals surface area (Å²) in [6, 6.07) is 7.18. The number of aliphatic hydroxyl groups is 1. The summed E-state index contributed by atoms with van der Waals surface area (Å²) < 4.78 is 4.99. The highest BCUT2D eigenvalue weighted by molar-refractivity contribution is 5.82. The van der Waals surface area contributed by atoms with Crippen LogP contribution in [0.3, 0.4) is 0 Å². The van der Waals surface area contributed by atoms with Crippen molar-refractivity contribution in [2.75, 3.05) is 0 Å². The molecule has 0 aliphatic carbocycles. The lowest BCUT2D eigenvalue weighted by molar-refractivity contribution is 0.265. The predicted molar refractivity (Wildman–Crippen MR) is 43.8 cm³/mol. The molecule has 12 heavy (non-hydrogen) atoms. The van der Waals surface area contributed by atoms with E-state index in [4.69, 9.17) is 9.52 Å². The summed E-state index contributed by atoms with van der Waals surface area (Å²) in [5.74, 6) is -0.196. The number of aliphatic hydroxyl groups excluding tert-OH is 1. The highest BCUT2D eigenvalue weighted by Crippen LogP contribution is 2.30. The molecule has 0 saturated carbocycles. The molecule has 0 bridgehead atoms. The lowest BCUT2D eigenvalue weighted by Crippen LogP contribution is -1.78. The monoisotopic (exact) mass is 164 g/mol. The number of hydrogen-bond donors (Lipinski definition) is 2. The fourth-order valence-corrected chi connectivity index (χ4v) is 1.24. The number of rotatable bonds is 1. The zero-order chi connectivity index (χ0) is 8.55. The zero-order valence-electron chi connectivity index (χ0n) is 6.32. The minimum absolute atomic E-state index is 0.196. The summed E-state index contributed by atoms with van der Waals surface area (Å²) in [6.07, 6.45) is 0. The van der Waals surface area contributed by atoms with Crippen molar-refractivity contribution < 1.29 is 14.6 Å². The van der Waals surface area contributed by atoms with Crippen LogP contribution in [0.15, 0.2) is 28.7 Å². The van der Waals surface area contributed by atoms with Crippen LogP contribution in [0, 0.1) is 0 Å². The minimum atomic E-state index is -0.206. The Bertz CT molecular complexity index is 403. The van der Waals surface area contributed by atoms with Crippen LogP contribution >= 0.6 is 0 Å². The smallest absolute Gasteiger partial charge is 0.288 e. The van der Waals surface area contributed by atoms with Gasteiger partial charge in [-0.25, -0.2) is 0 Å². The number of hydrogen-bond acceptors (Lipinski definition) is 3. The fourth-order valence-electron chi connectivity index (χ4n) is 1.24. The van der Waals surface area contributed by atoms with Crippen molar-refractivity contribution in [2.45, 2.75) is 6.61 Å². The maximum absolute atomic E-state index is 9.21. The molecule has 0 spiro atoms. The Morgan fingerprint density at radius 1 is 1.25 bits per heavy atom. The maximum Gasteiger partial charge on any atom is 0.288 e. The van der Waals surface area contributed by atoms with E-state index in [1.165, 1.54) is 0 Å². The molecule has 2 N–H and O–H groups in total. The van der Waals surface area contributed by atoms with Crippen LogP contribution in [0.2, 0.25) is 0 Å². The highest BCUT2D eigenvalue weighted by Gasteiger charge is 2.10. The largest absolute Gasteiger partial charge is 0.480 e. The van der Waals surface area contributed by atoms with Gasteiger partial charge in [-0.2, -0.15) is 0 Å². The molecule has 62 valence electrons. The van der Waals surface area contributed by atoms with Gasteiger partial charge < -0.3 is 14.6 Å². The third-order valence-electron chi connectivity index (χ3n) is 1.84. The molecule has 0 atom stereocenters. The first-order valence-corrected chi connectivity index (χ1v) is 3.63. The van der Waals surface area contributed by atoms with E-state index in [1.54, 1.807) is 12.1 Å². The third kappa shape index (κ3) is 0.871. The van der Waals surface area contributed by atoms with Gasteiger partial charge in [0.05, 0.1) is 12.2 Å². The standard InChI is InChI=1S/C9H8O3/c10-5-7-6-3-1-2-4-8(6)12-9(7)11/h1-4,10-11H,5H2. The van der Waals surface area contributed by atoms with Crippen molar-refractivity contribution in [2.24, 2.45) is 0 Å². The second kappa shape index (κ2) is 2.53. The van der Waals surface area contributed by atoms with Crippen LogP contribution in [-0.4, -0.2) is 10.2 Å². The van der Waals surface area contributed by atoms with Crippen molar-refractivity contribution in [3.05, 3.63) is 29.8 Å². The molecule has 0 unspecified atom stereocenters. The summed E-state index contributed by atoms with van der Waals surface area (Å²) in [4.78, 5) is 0. The van der Waals surface area contributed by atoms with Gasteiger partial charge in [0.2, 0.25) is 0 Å². The van der Waals surface area contributed by atoms with E-state index in [0.717, 1.165) is 5.39 Å². The summed E-state index contributed by atoms with van der Waals surface area (Å²) in [7, 11) is 0. The van der Waals surface area contributed by atoms with Gasteiger partial charge in [0, 0.05) is 5.39 Å². The summed E-state index contributed by atoms with van der Waals surface area (Å²) in [5, 5.41) is 18.9. The number of fused-ring (bicyclic) bond motifs is 1. The molecule has 1 aromatic carbocycles. The molecule has 0 amide bonds. The van der Waals surface area contributed by atoms with Crippen molar-refractivity contribution >= 4 is 11.0 Å². The summed E-state index contributed by atoms with van der Waals surface area (Å²) in [6.45, 7) is -0.206. The molecular formula is C9H8O3. The van der Waals surface area contributed by atoms with Crippen LogP contribution in [0.25, 0.3) is 11.0 Å². The second-order valence-corrected chi connectivity index (χ2v) is 2.54. The second-order valence-electron chi connectivity index (χ2n) is 2.54. The quantitative estimate of drug-likeness (QED) is 0.673. The highest BCUT2D eigenvalue weighted by atomic mass is 16.5. The number of furan rings is 1. The Labute approximate surface area is 68.9 Å². The lowest BCUT2D eigenvalue weighted by Gasteiger charge is -1.89. The first kappa shape index (κ1) is 7.18. The van der Waals surface area contributed by atoms with E-state index in [1.807, 2.05) is 12.1 Å². The third-order valence-corrected chi connectivity index (χ3v) is 1.84. The van der Waals surface area contributed by atoms with Crippen LogP contribution in [0.1, 0.15) is 5.56 Å². The first-order valence-electron chi connectivity index (χ1n) is 3.63. The maximum atomic E-state index is 9.21. The van der Waals surface area contributed by atoms with E-state index in [9.17, 15) is 5.11 Å². The SMILES string of the molecule is OCc1c(O)oc2ccccc12. The lowest BCUT2D eigenvalue weighted by atomic mass is 10.2. The zero-order valence-corrected chi connectivity index (χ0v) is 6.32. The Morgan fingerprint density at radius 3 is 2.75 bits per heavy atom. The topological polar surface area (TPSA) is 53.6 Å². The van der Waals surface area contributed by atoms with Gasteiger partial charge in [-0.15, -0.1) is 0 Å². The molecule has 3 heteroatoms. The first-order chi connectivity index (χ1) is 5.83. The Kier molecular flexibility index (Phi) is 1.52. The van der Waals surface area contributed by atoms with Gasteiger partial charge in [0.25, 0.3) is 5.95 Å². The van der Waals surface area contributed by atoms with Gasteiger partial charge in [-0.1, -0.05) is 18.2 Å². The van der Waals surface area contributed by atoms with Crippen molar-refractivity contribution in [1.29, 1.82) is 0 Å². The number of aromatic hydroxyl groups is 1. The van der Waals surface area contributed by atoms with E-state index in [-0.39, 0.29) is 12.6 Å². The van der Waals surface area contributed by atoms with Gasteiger partial charge in [0.1, 0.15) is 5.58 Å². The van der Waals surface area contributed by atoms with Crippen LogP contribution in [0.5, 0.6) is 5.95 Å². The molecule has 1 heterocycles. The molecule has 0 saturated heterocycles. The summed E-state index contributed by atoms with van der Waals surface area (Å²) >= 11 is 0. The van der Waals surface area contributed by atoms with Gasteiger partial charge in [-0.3, -0.25) is 0 Å². The molecule has 0 fully saturated rings. The summed E-state index contributed by atoms with van der Waals surface area (Å²) in [5.41, 5.74) is 1.05. The van der Waals surface area contributed by atoms with E-state index < -0.39 is 0 Å². The Balaban J connectivity index is 2.81. The Morgan fingerprint density at radius 2 is 2.00 bits per heavy atom. The predicted octanol–water partition coefficient (Wildman–Crippen LogP) is 1.63. The number of benzene rings is 1. The molecule has 0 aliphatic heterocycles. The van der Waals surface area contributed by atoms with E-state index in [2.05, 4.69) is 0 Å². The van der Waals surface area contributed by atoms with Gasteiger partial charge in [-0.05, 0) is 6.07 Å². The molecule has 2 aromatic rings. The fraction of sp³-hybridized carbons (Fsp3) is 0.111. The van der Waals surface area contributed by atoms with Crippen molar-refractivity contribution in [1.82, 2.24) is 0 Å². The molecule has 2 rings (SSSR count). The molecular weight excluding hydrogens is 156 g/mol. The normalized spacial score (nSPS) is 10.8. The average molecular weight is 164 g/mol. The average Bonchev–Trinajstić information content (AvgIpc) is 2.40. The van der Waals surface area contributed by atoms with Gasteiger partial charge >= 0.3 is 0 Å². The molecule has 0 radical (unpaired) electrons. The van der Waals surface area contributed by atoms with E-state index >= 15 is 0 Å². The molecule has 3 nitrogen and oxygen atoms in total. The van der Waals surface area contributed by atoms with E-state index in [0.29, 0.717) is 11.1 Å². The van der Waals surface area contributed by atoms with Crippen LogP contribution < -0.4 is 0 Å². The Hall–Kier alpha value is -1.48. The number of para-hydroxylation sites is 1. The molecule has 0 aliphatic rings. The van der Waals surface area contributed by atoms with Crippen molar-refractivity contribution in [3.63, 3.8) is 0 Å².